The van der Waals surface area contributed by atoms with Crippen molar-refractivity contribution < 1.29 is 24.1 Å². The highest BCUT2D eigenvalue weighted by atomic mass is 32.1. The van der Waals surface area contributed by atoms with Crippen molar-refractivity contribution >= 4 is 40.5 Å². The van der Waals surface area contributed by atoms with Crippen LogP contribution in [0.4, 0.5) is 11.4 Å². The quantitative estimate of drug-likeness (QED) is 0.0894. The zero-order valence-corrected chi connectivity index (χ0v) is 28.0. The van der Waals surface area contributed by atoms with E-state index in [0.717, 1.165) is 29.0 Å². The van der Waals surface area contributed by atoms with Crippen LogP contribution >= 0.6 is 11.3 Å². The summed E-state index contributed by atoms with van der Waals surface area (Å²) in [5.41, 5.74) is 2.34. The second-order valence-electron chi connectivity index (χ2n) is 11.6. The normalized spacial score (nSPS) is 14.2. The van der Waals surface area contributed by atoms with Crippen LogP contribution in [0, 0.1) is 20.2 Å². The number of carbonyl (C=O) groups is 1. The smallest absolute Gasteiger partial charge is 0.338 e. The molecule has 50 heavy (non-hydrogen) atoms. The molecule has 1 atom stereocenters. The molecular weight excluding hydrogens is 660 g/mol. The number of non-ortho nitro benzene ring substituents is 1. The molecule has 1 aliphatic heterocycles. The van der Waals surface area contributed by atoms with E-state index in [4.69, 9.17) is 14.5 Å². The molecule has 0 N–H and O–H groups in total. The fourth-order valence-corrected chi connectivity index (χ4v) is 6.61. The topological polar surface area (TPSA) is 156 Å². The minimum atomic E-state index is -0.832. The standard InChI is InChI=1S/C37H30N4O8S/c1-4-48-36(43)32-33(25-10-6-5-7-11-25)38-37-39(34(32)26-15-13-24(14-16-26)22(2)3)35(42)31(50-37)20-23-9-8-12-28(19-23)49-30-18-17-27(40(44)45)21-29(30)41(46)47/h5-22,34H,4H2,1-3H3/b31-20+/t34-/m1/s1. The number of benzene rings is 4. The SMILES string of the molecule is CCOC(=O)C1=C(c2ccccc2)N=c2s/c(=C/c3cccc(Oc4ccc([N+](=O)[O-])cc4[N+](=O)[O-])c3)c(=O)n2[C@@H]1c1ccc(C(C)C)cc1. The maximum atomic E-state index is 14.3. The number of thiazole rings is 1. The highest BCUT2D eigenvalue weighted by Crippen LogP contribution is 2.36. The molecule has 1 aromatic heterocycles. The Morgan fingerprint density at radius 2 is 1.70 bits per heavy atom. The third kappa shape index (κ3) is 6.71. The van der Waals surface area contributed by atoms with Gasteiger partial charge in [-0.25, -0.2) is 9.79 Å². The number of nitro groups is 2. The largest absolute Gasteiger partial charge is 0.463 e. The molecule has 2 heterocycles. The number of carbonyl (C=O) groups excluding carboxylic acids is 1. The summed E-state index contributed by atoms with van der Waals surface area (Å²) in [6, 6.07) is 25.9. The first-order chi connectivity index (χ1) is 24.0. The van der Waals surface area contributed by atoms with E-state index >= 15 is 0 Å². The van der Waals surface area contributed by atoms with Gasteiger partial charge in [0.2, 0.25) is 5.75 Å². The molecule has 4 aromatic carbocycles. The third-order valence-electron chi connectivity index (χ3n) is 8.03. The summed E-state index contributed by atoms with van der Waals surface area (Å²) >= 11 is 1.16. The maximum Gasteiger partial charge on any atom is 0.338 e. The third-order valence-corrected chi connectivity index (χ3v) is 9.01. The summed E-state index contributed by atoms with van der Waals surface area (Å²) in [7, 11) is 0. The van der Waals surface area contributed by atoms with Gasteiger partial charge in [-0.3, -0.25) is 29.6 Å². The molecule has 0 saturated carbocycles. The van der Waals surface area contributed by atoms with Crippen molar-refractivity contribution in [1.82, 2.24) is 4.57 Å². The molecule has 12 nitrogen and oxygen atoms in total. The average molecular weight is 691 g/mol. The Balaban J connectivity index is 1.49. The van der Waals surface area contributed by atoms with E-state index in [1.54, 1.807) is 37.3 Å². The molecule has 0 fully saturated rings. The number of esters is 1. The summed E-state index contributed by atoms with van der Waals surface area (Å²) < 4.78 is 13.2. The average Bonchev–Trinajstić information content (AvgIpc) is 3.41. The van der Waals surface area contributed by atoms with Crippen molar-refractivity contribution in [1.29, 1.82) is 0 Å². The number of hydrogen-bond acceptors (Lipinski definition) is 10. The molecule has 6 rings (SSSR count). The van der Waals surface area contributed by atoms with E-state index < -0.39 is 33.2 Å². The molecule has 0 spiro atoms. The van der Waals surface area contributed by atoms with Crippen LogP contribution < -0.4 is 19.6 Å². The Kier molecular flexibility index (Phi) is 9.50. The molecule has 252 valence electrons. The number of rotatable bonds is 10. The molecule has 1 aliphatic rings. The number of fused-ring (bicyclic) bond motifs is 1. The van der Waals surface area contributed by atoms with Crippen LogP contribution in [0.25, 0.3) is 11.8 Å². The van der Waals surface area contributed by atoms with Gasteiger partial charge in [0.05, 0.1) is 44.4 Å². The van der Waals surface area contributed by atoms with Gasteiger partial charge < -0.3 is 9.47 Å². The van der Waals surface area contributed by atoms with Crippen LogP contribution in [0.3, 0.4) is 0 Å². The Morgan fingerprint density at radius 1 is 0.960 bits per heavy atom. The van der Waals surface area contributed by atoms with E-state index in [0.29, 0.717) is 31.7 Å². The summed E-state index contributed by atoms with van der Waals surface area (Å²) in [4.78, 5) is 54.6. The van der Waals surface area contributed by atoms with Gasteiger partial charge in [-0.15, -0.1) is 0 Å². The van der Waals surface area contributed by atoms with E-state index in [-0.39, 0.29) is 35.2 Å². The van der Waals surface area contributed by atoms with Crippen LogP contribution in [0.5, 0.6) is 11.5 Å². The number of ether oxygens (including phenoxy) is 2. The zero-order valence-electron chi connectivity index (χ0n) is 27.1. The molecule has 5 aromatic rings. The summed E-state index contributed by atoms with van der Waals surface area (Å²) in [5, 5.41) is 22.8. The van der Waals surface area contributed by atoms with Gasteiger partial charge in [0.1, 0.15) is 5.75 Å². The zero-order chi connectivity index (χ0) is 35.5. The molecule has 0 unspecified atom stereocenters. The second kappa shape index (κ2) is 14.1. The van der Waals surface area contributed by atoms with Crippen LogP contribution in [0.15, 0.2) is 112 Å². The molecule has 0 radical (unpaired) electrons. The van der Waals surface area contributed by atoms with E-state index in [9.17, 15) is 29.8 Å². The first kappa shape index (κ1) is 33.7. The van der Waals surface area contributed by atoms with Crippen LogP contribution in [-0.4, -0.2) is 27.0 Å². The monoisotopic (exact) mass is 690 g/mol. The Morgan fingerprint density at radius 3 is 2.36 bits per heavy atom. The maximum absolute atomic E-state index is 14.3. The highest BCUT2D eigenvalue weighted by Gasteiger charge is 2.35. The fraction of sp³-hybridized carbons (Fsp3) is 0.162. The molecule has 13 heteroatoms. The summed E-state index contributed by atoms with van der Waals surface area (Å²) in [5.74, 6) is -0.270. The lowest BCUT2D eigenvalue weighted by atomic mass is 9.91. The van der Waals surface area contributed by atoms with E-state index in [1.807, 2.05) is 54.6 Å². The molecular formula is C37H30N4O8S. The Bertz CT molecular complexity index is 2350. The minimum absolute atomic E-state index is 0.134. The summed E-state index contributed by atoms with van der Waals surface area (Å²) in [6.45, 7) is 6.03. The van der Waals surface area contributed by atoms with Crippen LogP contribution in [-0.2, 0) is 9.53 Å². The number of hydrogen-bond donors (Lipinski definition) is 0. The van der Waals surface area contributed by atoms with Crippen molar-refractivity contribution in [3.05, 3.63) is 165 Å². The van der Waals surface area contributed by atoms with Crippen molar-refractivity contribution in [3.63, 3.8) is 0 Å². The van der Waals surface area contributed by atoms with Crippen LogP contribution in [0.1, 0.15) is 55.0 Å². The minimum Gasteiger partial charge on any atom is -0.463 e. The van der Waals surface area contributed by atoms with Gasteiger partial charge in [-0.2, -0.15) is 0 Å². The van der Waals surface area contributed by atoms with Crippen molar-refractivity contribution in [2.75, 3.05) is 6.61 Å². The van der Waals surface area contributed by atoms with Gasteiger partial charge in [0, 0.05) is 11.6 Å². The first-order valence-corrected chi connectivity index (χ1v) is 16.5. The molecule has 0 bridgehead atoms. The lowest BCUT2D eigenvalue weighted by Gasteiger charge is -2.26. The van der Waals surface area contributed by atoms with Gasteiger partial charge >= 0.3 is 11.7 Å². The van der Waals surface area contributed by atoms with Crippen molar-refractivity contribution in [2.24, 2.45) is 4.99 Å². The predicted molar refractivity (Wildman–Crippen MR) is 188 cm³/mol. The lowest BCUT2D eigenvalue weighted by Crippen LogP contribution is -2.40. The van der Waals surface area contributed by atoms with E-state index in [2.05, 4.69) is 13.8 Å². The van der Waals surface area contributed by atoms with Gasteiger partial charge in [-0.1, -0.05) is 91.9 Å². The van der Waals surface area contributed by atoms with Gasteiger partial charge in [0.15, 0.2) is 4.80 Å². The highest BCUT2D eigenvalue weighted by molar-refractivity contribution is 7.07. The second-order valence-corrected chi connectivity index (χ2v) is 12.6. The fourth-order valence-electron chi connectivity index (χ4n) is 5.61. The lowest BCUT2D eigenvalue weighted by molar-refractivity contribution is -0.394. The van der Waals surface area contributed by atoms with Crippen LogP contribution in [0.2, 0.25) is 0 Å². The first-order valence-electron chi connectivity index (χ1n) is 15.6. The molecule has 0 amide bonds. The molecule has 0 saturated heterocycles. The van der Waals surface area contributed by atoms with Crippen molar-refractivity contribution in [3.8, 4) is 11.5 Å². The predicted octanol–water partition coefficient (Wildman–Crippen LogP) is 6.67. The Labute approximate surface area is 289 Å². The van der Waals surface area contributed by atoms with E-state index in [1.165, 1.54) is 10.6 Å². The Hall–Kier alpha value is -6.21. The number of nitrogens with zero attached hydrogens (tertiary/aromatic N) is 4. The van der Waals surface area contributed by atoms with Gasteiger partial charge in [0.25, 0.3) is 11.2 Å². The molecule has 0 aliphatic carbocycles. The van der Waals surface area contributed by atoms with Crippen molar-refractivity contribution in [2.45, 2.75) is 32.7 Å². The van der Waals surface area contributed by atoms with Gasteiger partial charge in [-0.05, 0) is 53.8 Å². The number of aromatic nitrogens is 1. The number of nitro benzene ring substituents is 2. The summed E-state index contributed by atoms with van der Waals surface area (Å²) in [6.07, 6.45) is 1.65.